The molecule has 4 rings (SSSR count). The van der Waals surface area contributed by atoms with Crippen molar-refractivity contribution >= 4 is 32.5 Å². The molecular weight excluding hydrogens is 419 g/mol. The Hall–Kier alpha value is -3.56. The van der Waals surface area contributed by atoms with Gasteiger partial charge < -0.3 is 5.32 Å². The number of carbonyl (C=O) groups is 1. The minimum atomic E-state index is -3.86. The van der Waals surface area contributed by atoms with Crippen molar-refractivity contribution in [3.8, 4) is 11.3 Å². The average Bonchev–Trinajstić information content (AvgIpc) is 3.21. The normalized spacial score (nSPS) is 11.7. The molecule has 1 heterocycles. The molecule has 4 aromatic rings. The molecule has 0 saturated heterocycles. The van der Waals surface area contributed by atoms with Crippen LogP contribution in [-0.4, -0.2) is 42.4 Å². The predicted molar refractivity (Wildman–Crippen MR) is 116 cm³/mol. The number of hydrogen-bond donors (Lipinski definition) is 2. The number of rotatable bonds is 6. The number of fused-ring (bicyclic) bond motifs is 1. The van der Waals surface area contributed by atoms with Crippen molar-refractivity contribution in [3.63, 3.8) is 0 Å². The average molecular weight is 438 g/mol. The minimum absolute atomic E-state index is 0.106. The summed E-state index contributed by atoms with van der Waals surface area (Å²) in [5.41, 5.74) is 1.09. The molecule has 0 bridgehead atoms. The number of nitrogens with zero attached hydrogens (tertiary/aromatic N) is 2. The van der Waals surface area contributed by atoms with Crippen molar-refractivity contribution in [2.75, 3.05) is 18.9 Å². The van der Waals surface area contributed by atoms with Crippen LogP contribution in [0.25, 0.3) is 22.0 Å². The highest BCUT2D eigenvalue weighted by molar-refractivity contribution is 7.89. The lowest BCUT2D eigenvalue weighted by Crippen LogP contribution is -2.35. The van der Waals surface area contributed by atoms with Crippen molar-refractivity contribution in [1.29, 1.82) is 0 Å². The molecule has 31 heavy (non-hydrogen) atoms. The van der Waals surface area contributed by atoms with Crippen LogP contribution in [0, 0.1) is 5.82 Å². The van der Waals surface area contributed by atoms with Crippen molar-refractivity contribution < 1.29 is 17.6 Å². The summed E-state index contributed by atoms with van der Waals surface area (Å²) >= 11 is 0. The molecule has 1 aromatic heterocycles. The topological polar surface area (TPSA) is 95.2 Å². The van der Waals surface area contributed by atoms with Gasteiger partial charge in [0.1, 0.15) is 5.82 Å². The van der Waals surface area contributed by atoms with E-state index >= 15 is 0 Å². The van der Waals surface area contributed by atoms with Gasteiger partial charge in [0, 0.05) is 18.7 Å². The summed E-state index contributed by atoms with van der Waals surface area (Å²) < 4.78 is 40.1. The Morgan fingerprint density at radius 3 is 2.58 bits per heavy atom. The highest BCUT2D eigenvalue weighted by Gasteiger charge is 2.23. The van der Waals surface area contributed by atoms with Crippen LogP contribution in [0.1, 0.15) is 0 Å². The van der Waals surface area contributed by atoms with Crippen LogP contribution in [0.15, 0.2) is 77.7 Å². The molecule has 0 aliphatic rings. The molecule has 0 aliphatic heterocycles. The molecule has 0 aliphatic carbocycles. The number of nitrogens with one attached hydrogen (secondary N) is 2. The molecule has 3 aromatic carbocycles. The first-order chi connectivity index (χ1) is 14.8. The monoisotopic (exact) mass is 438 g/mol. The molecule has 158 valence electrons. The van der Waals surface area contributed by atoms with E-state index in [-0.39, 0.29) is 10.7 Å². The fourth-order valence-electron chi connectivity index (χ4n) is 3.17. The molecule has 0 unspecified atom stereocenters. The maximum absolute atomic E-state index is 13.4. The fourth-order valence-corrected chi connectivity index (χ4v) is 4.33. The van der Waals surface area contributed by atoms with E-state index in [1.165, 1.54) is 25.2 Å². The molecule has 9 heteroatoms. The Morgan fingerprint density at radius 1 is 1.03 bits per heavy atom. The van der Waals surface area contributed by atoms with Gasteiger partial charge in [-0.3, -0.25) is 9.89 Å². The largest absolute Gasteiger partial charge is 0.308 e. The number of anilines is 1. The zero-order valence-electron chi connectivity index (χ0n) is 16.5. The Balaban J connectivity index is 1.45. The molecule has 7 nitrogen and oxygen atoms in total. The molecule has 0 radical (unpaired) electrons. The van der Waals surface area contributed by atoms with Gasteiger partial charge in [0.05, 0.1) is 17.1 Å². The lowest BCUT2D eigenvalue weighted by molar-refractivity contribution is -0.116. The number of aromatic nitrogens is 2. The summed E-state index contributed by atoms with van der Waals surface area (Å²) in [5.74, 6) is -0.733. The third-order valence-corrected chi connectivity index (χ3v) is 6.58. The van der Waals surface area contributed by atoms with Gasteiger partial charge in [-0.05, 0) is 35.0 Å². The molecule has 2 N–H and O–H groups in total. The summed E-state index contributed by atoms with van der Waals surface area (Å²) in [6.07, 6.45) is 0. The number of amides is 1. The van der Waals surface area contributed by atoms with Gasteiger partial charge in [-0.15, -0.1) is 0 Å². The van der Waals surface area contributed by atoms with Crippen LogP contribution in [0.5, 0.6) is 0 Å². The van der Waals surface area contributed by atoms with Crippen molar-refractivity contribution in [2.45, 2.75) is 4.90 Å². The van der Waals surface area contributed by atoms with E-state index in [2.05, 4.69) is 15.5 Å². The lowest BCUT2D eigenvalue weighted by atomic mass is 10.1. The number of carbonyl (C=O) groups excluding carboxylic acids is 1. The van der Waals surface area contributed by atoms with E-state index in [9.17, 15) is 17.6 Å². The van der Waals surface area contributed by atoms with Crippen molar-refractivity contribution in [3.05, 3.63) is 78.6 Å². The van der Waals surface area contributed by atoms with Crippen LogP contribution in [0.2, 0.25) is 0 Å². The number of benzene rings is 3. The standard InChI is InChI=1S/C22H19FN4O3S/c1-27(31(29,30)19-10-9-15-5-2-3-6-16(15)12-19)14-22(28)24-21-13-20(25-26-21)17-7-4-8-18(23)11-17/h2-13H,14H2,1H3,(H2,24,25,26,28). The van der Waals surface area contributed by atoms with E-state index in [0.29, 0.717) is 11.3 Å². The number of aromatic amines is 1. The predicted octanol–water partition coefficient (Wildman–Crippen LogP) is 3.63. The van der Waals surface area contributed by atoms with Gasteiger partial charge in [-0.2, -0.15) is 9.40 Å². The van der Waals surface area contributed by atoms with Crippen LogP contribution < -0.4 is 5.32 Å². The van der Waals surface area contributed by atoms with E-state index in [4.69, 9.17) is 0 Å². The molecule has 1 amide bonds. The zero-order valence-corrected chi connectivity index (χ0v) is 17.4. The Morgan fingerprint density at radius 2 is 1.81 bits per heavy atom. The van der Waals surface area contributed by atoms with Crippen LogP contribution in [0.4, 0.5) is 10.2 Å². The summed E-state index contributed by atoms with van der Waals surface area (Å²) in [4.78, 5) is 12.5. The Bertz CT molecular complexity index is 1370. The van der Waals surface area contributed by atoms with Gasteiger partial charge in [0.15, 0.2) is 5.82 Å². The van der Waals surface area contributed by atoms with Gasteiger partial charge in [-0.25, -0.2) is 12.8 Å². The van der Waals surface area contributed by atoms with E-state index < -0.39 is 28.3 Å². The van der Waals surface area contributed by atoms with Crippen LogP contribution in [-0.2, 0) is 14.8 Å². The second-order valence-corrected chi connectivity index (χ2v) is 9.04. The number of sulfonamides is 1. The molecule has 0 spiro atoms. The second-order valence-electron chi connectivity index (χ2n) is 7.00. The van der Waals surface area contributed by atoms with Crippen molar-refractivity contribution in [1.82, 2.24) is 14.5 Å². The molecular formula is C22H19FN4O3S. The van der Waals surface area contributed by atoms with Crippen molar-refractivity contribution in [2.24, 2.45) is 0 Å². The smallest absolute Gasteiger partial charge is 0.243 e. The number of hydrogen-bond acceptors (Lipinski definition) is 4. The quantitative estimate of drug-likeness (QED) is 0.481. The summed E-state index contributed by atoms with van der Waals surface area (Å²) in [7, 11) is -2.52. The number of likely N-dealkylation sites (N-methyl/N-ethyl adjacent to an activating group) is 1. The van der Waals surface area contributed by atoms with Gasteiger partial charge in [0.2, 0.25) is 15.9 Å². The SMILES string of the molecule is CN(CC(=O)Nc1cc(-c2cccc(F)c2)[nH]n1)S(=O)(=O)c1ccc2ccccc2c1. The third kappa shape index (κ3) is 4.47. The Kier molecular flexibility index (Phi) is 5.53. The highest BCUT2D eigenvalue weighted by Crippen LogP contribution is 2.22. The van der Waals surface area contributed by atoms with E-state index in [0.717, 1.165) is 15.1 Å². The second kappa shape index (κ2) is 8.29. The van der Waals surface area contributed by atoms with Gasteiger partial charge >= 0.3 is 0 Å². The minimum Gasteiger partial charge on any atom is -0.308 e. The third-order valence-electron chi connectivity index (χ3n) is 4.78. The summed E-state index contributed by atoms with van der Waals surface area (Å²) in [6.45, 7) is -0.392. The first-order valence-corrected chi connectivity index (χ1v) is 10.8. The number of halogens is 1. The maximum atomic E-state index is 13.4. The van der Waals surface area contributed by atoms with E-state index in [1.807, 2.05) is 24.3 Å². The first kappa shape index (κ1) is 20.7. The van der Waals surface area contributed by atoms with Gasteiger partial charge in [-0.1, -0.05) is 42.5 Å². The number of H-pyrrole nitrogens is 1. The lowest BCUT2D eigenvalue weighted by Gasteiger charge is -2.17. The first-order valence-electron chi connectivity index (χ1n) is 9.39. The van der Waals surface area contributed by atoms with E-state index in [1.54, 1.807) is 30.3 Å². The zero-order chi connectivity index (χ0) is 22.0. The Labute approximate surface area is 178 Å². The molecule has 0 saturated carbocycles. The van der Waals surface area contributed by atoms with Crippen LogP contribution in [0.3, 0.4) is 0 Å². The summed E-state index contributed by atoms with van der Waals surface area (Å²) in [5, 5.41) is 11.0. The van der Waals surface area contributed by atoms with Gasteiger partial charge in [0.25, 0.3) is 0 Å². The highest BCUT2D eigenvalue weighted by atomic mass is 32.2. The molecule has 0 atom stereocenters. The molecule has 0 fully saturated rings. The fraction of sp³-hybridized carbons (Fsp3) is 0.0909. The van der Waals surface area contributed by atoms with Crippen LogP contribution >= 0.6 is 0 Å². The maximum Gasteiger partial charge on any atom is 0.243 e. The summed E-state index contributed by atoms with van der Waals surface area (Å²) in [6, 6.07) is 19.7.